The number of benzene rings is 1. The van der Waals surface area contributed by atoms with Gasteiger partial charge < -0.3 is 14.1 Å². The minimum atomic E-state index is -0.425. The maximum absolute atomic E-state index is 12.3. The summed E-state index contributed by atoms with van der Waals surface area (Å²) in [6.07, 6.45) is 0. The molecule has 0 spiro atoms. The summed E-state index contributed by atoms with van der Waals surface area (Å²) < 4.78 is 11.7. The van der Waals surface area contributed by atoms with Crippen LogP contribution in [0.15, 0.2) is 27.4 Å². The molecule has 0 saturated carbocycles. The minimum Gasteiger partial charge on any atom is -0.408 e. The first-order valence-electron chi connectivity index (χ1n) is 6.13. The summed E-state index contributed by atoms with van der Waals surface area (Å²) in [6.45, 7) is 2.31. The lowest BCUT2D eigenvalue weighted by molar-refractivity contribution is 0.0303. The number of morpholine rings is 1. The highest BCUT2D eigenvalue weighted by molar-refractivity contribution is 5.97. The second-order valence-electron chi connectivity index (χ2n) is 4.51. The Labute approximate surface area is 109 Å². The van der Waals surface area contributed by atoms with Gasteiger partial charge in [-0.3, -0.25) is 9.36 Å². The minimum absolute atomic E-state index is 0.0586. The van der Waals surface area contributed by atoms with Gasteiger partial charge in [0.25, 0.3) is 5.91 Å². The summed E-state index contributed by atoms with van der Waals surface area (Å²) in [7, 11) is 1.64. The summed E-state index contributed by atoms with van der Waals surface area (Å²) >= 11 is 0. The molecule has 0 bridgehead atoms. The summed E-state index contributed by atoms with van der Waals surface area (Å²) in [5.74, 6) is -0.484. The van der Waals surface area contributed by atoms with Crippen LogP contribution in [0.5, 0.6) is 0 Å². The quantitative estimate of drug-likeness (QED) is 0.755. The topological polar surface area (TPSA) is 64.7 Å². The highest BCUT2D eigenvalue weighted by atomic mass is 16.5. The number of hydrogen-bond acceptors (Lipinski definition) is 4. The molecule has 0 aliphatic carbocycles. The van der Waals surface area contributed by atoms with Crippen molar-refractivity contribution < 1.29 is 13.9 Å². The van der Waals surface area contributed by atoms with Crippen molar-refractivity contribution in [1.29, 1.82) is 0 Å². The molecule has 0 N–H and O–H groups in total. The molecule has 1 amide bonds. The van der Waals surface area contributed by atoms with Gasteiger partial charge in [0.15, 0.2) is 5.58 Å². The third-order valence-electron chi connectivity index (χ3n) is 3.34. The Bertz CT molecular complexity index is 679. The summed E-state index contributed by atoms with van der Waals surface area (Å²) in [5.41, 5.74) is 1.65. The SMILES string of the molecule is Cn1c(=O)oc2cc(C(=O)N3CCOCC3)ccc21. The van der Waals surface area contributed by atoms with Crippen LogP contribution in [0.3, 0.4) is 0 Å². The summed E-state index contributed by atoms with van der Waals surface area (Å²) in [4.78, 5) is 25.4. The summed E-state index contributed by atoms with van der Waals surface area (Å²) in [5, 5.41) is 0. The molecular formula is C13H14N2O4. The molecule has 19 heavy (non-hydrogen) atoms. The van der Waals surface area contributed by atoms with E-state index >= 15 is 0 Å². The molecule has 1 aromatic carbocycles. The molecule has 1 aromatic heterocycles. The predicted octanol–water partition coefficient (Wildman–Crippen LogP) is 0.604. The van der Waals surface area contributed by atoms with Gasteiger partial charge in [0, 0.05) is 25.7 Å². The van der Waals surface area contributed by atoms with Gasteiger partial charge in [-0.15, -0.1) is 0 Å². The molecule has 0 atom stereocenters. The van der Waals surface area contributed by atoms with Crippen molar-refractivity contribution in [3.05, 3.63) is 34.3 Å². The first-order valence-corrected chi connectivity index (χ1v) is 6.13. The van der Waals surface area contributed by atoms with Gasteiger partial charge in [0.05, 0.1) is 18.7 Å². The maximum Gasteiger partial charge on any atom is 0.419 e. The molecule has 1 aliphatic rings. The van der Waals surface area contributed by atoms with Gasteiger partial charge >= 0.3 is 5.76 Å². The monoisotopic (exact) mass is 262 g/mol. The molecule has 100 valence electrons. The number of ether oxygens (including phenoxy) is 1. The van der Waals surface area contributed by atoms with Crippen molar-refractivity contribution >= 4 is 17.0 Å². The Balaban J connectivity index is 1.96. The van der Waals surface area contributed by atoms with Gasteiger partial charge in [-0.2, -0.15) is 0 Å². The summed E-state index contributed by atoms with van der Waals surface area (Å²) in [6, 6.07) is 5.07. The lowest BCUT2D eigenvalue weighted by Gasteiger charge is -2.26. The van der Waals surface area contributed by atoms with Gasteiger partial charge in [-0.1, -0.05) is 0 Å². The Hall–Kier alpha value is -2.08. The van der Waals surface area contributed by atoms with Gasteiger partial charge in [0.2, 0.25) is 0 Å². The molecule has 3 rings (SSSR count). The molecule has 6 heteroatoms. The van der Waals surface area contributed by atoms with Crippen LogP contribution in [0.4, 0.5) is 0 Å². The number of aromatic nitrogens is 1. The first-order chi connectivity index (χ1) is 9.16. The van der Waals surface area contributed by atoms with Crippen LogP contribution in [-0.4, -0.2) is 41.7 Å². The van der Waals surface area contributed by atoms with Gasteiger partial charge in [-0.05, 0) is 18.2 Å². The number of nitrogens with zero attached hydrogens (tertiary/aromatic N) is 2. The van der Waals surface area contributed by atoms with E-state index < -0.39 is 5.76 Å². The second-order valence-corrected chi connectivity index (χ2v) is 4.51. The standard InChI is InChI=1S/C13H14N2O4/c1-14-10-3-2-9(8-11(10)19-13(14)17)12(16)15-4-6-18-7-5-15/h2-3,8H,4-7H2,1H3. The van der Waals surface area contributed by atoms with Crippen LogP contribution in [0.1, 0.15) is 10.4 Å². The number of aryl methyl sites for hydroxylation is 1. The average molecular weight is 262 g/mol. The third-order valence-corrected chi connectivity index (χ3v) is 3.34. The number of hydrogen-bond donors (Lipinski definition) is 0. The first kappa shape index (κ1) is 12.0. The van der Waals surface area contributed by atoms with E-state index in [-0.39, 0.29) is 5.91 Å². The molecule has 1 fully saturated rings. The van der Waals surface area contributed by atoms with E-state index in [0.717, 1.165) is 0 Å². The van der Waals surface area contributed by atoms with Crippen molar-refractivity contribution in [2.45, 2.75) is 0 Å². The zero-order chi connectivity index (χ0) is 13.4. The van der Waals surface area contributed by atoms with Crippen LogP contribution >= 0.6 is 0 Å². The van der Waals surface area contributed by atoms with Crippen LogP contribution in [0.2, 0.25) is 0 Å². The largest absolute Gasteiger partial charge is 0.419 e. The Morgan fingerprint density at radius 2 is 2.00 bits per heavy atom. The van der Waals surface area contributed by atoms with E-state index in [0.29, 0.717) is 43.0 Å². The van der Waals surface area contributed by atoms with Crippen molar-refractivity contribution in [1.82, 2.24) is 9.47 Å². The molecule has 2 aromatic rings. The molecule has 6 nitrogen and oxygen atoms in total. The number of oxazole rings is 1. The van der Waals surface area contributed by atoms with E-state index in [4.69, 9.17) is 9.15 Å². The Morgan fingerprint density at radius 3 is 2.74 bits per heavy atom. The second kappa shape index (κ2) is 4.55. The number of rotatable bonds is 1. The molecule has 1 aliphatic heterocycles. The van der Waals surface area contributed by atoms with Crippen molar-refractivity contribution in [3.8, 4) is 0 Å². The fraction of sp³-hybridized carbons (Fsp3) is 0.385. The van der Waals surface area contributed by atoms with E-state index in [9.17, 15) is 9.59 Å². The van der Waals surface area contributed by atoms with Crippen molar-refractivity contribution in [2.24, 2.45) is 7.05 Å². The highest BCUT2D eigenvalue weighted by Gasteiger charge is 2.19. The fourth-order valence-electron chi connectivity index (χ4n) is 2.22. The molecule has 2 heterocycles. The fourth-order valence-corrected chi connectivity index (χ4v) is 2.22. The van der Waals surface area contributed by atoms with Crippen molar-refractivity contribution in [3.63, 3.8) is 0 Å². The van der Waals surface area contributed by atoms with Gasteiger partial charge in [-0.25, -0.2) is 4.79 Å². The number of carbonyl (C=O) groups excluding carboxylic acids is 1. The lowest BCUT2D eigenvalue weighted by Crippen LogP contribution is -2.40. The Morgan fingerprint density at radius 1 is 1.26 bits per heavy atom. The van der Waals surface area contributed by atoms with E-state index in [1.807, 2.05) is 0 Å². The molecule has 1 saturated heterocycles. The van der Waals surface area contributed by atoms with E-state index in [1.165, 1.54) is 4.57 Å². The van der Waals surface area contributed by atoms with Crippen LogP contribution in [0, 0.1) is 0 Å². The zero-order valence-corrected chi connectivity index (χ0v) is 10.6. The average Bonchev–Trinajstić information content (AvgIpc) is 2.74. The number of carbonyl (C=O) groups is 1. The third kappa shape index (κ3) is 2.04. The smallest absolute Gasteiger partial charge is 0.408 e. The Kier molecular flexibility index (Phi) is 2.87. The molecule has 0 radical (unpaired) electrons. The lowest BCUT2D eigenvalue weighted by atomic mass is 10.1. The molecule has 0 unspecified atom stereocenters. The highest BCUT2D eigenvalue weighted by Crippen LogP contribution is 2.16. The number of fused-ring (bicyclic) bond motifs is 1. The van der Waals surface area contributed by atoms with Gasteiger partial charge in [0.1, 0.15) is 0 Å². The van der Waals surface area contributed by atoms with E-state index in [1.54, 1.807) is 30.1 Å². The number of amides is 1. The zero-order valence-electron chi connectivity index (χ0n) is 10.6. The maximum atomic E-state index is 12.3. The predicted molar refractivity (Wildman–Crippen MR) is 68.2 cm³/mol. The normalized spacial score (nSPS) is 15.9. The van der Waals surface area contributed by atoms with Crippen molar-refractivity contribution in [2.75, 3.05) is 26.3 Å². The van der Waals surface area contributed by atoms with Crippen LogP contribution < -0.4 is 5.76 Å². The van der Waals surface area contributed by atoms with Crippen LogP contribution in [-0.2, 0) is 11.8 Å². The van der Waals surface area contributed by atoms with Crippen LogP contribution in [0.25, 0.3) is 11.1 Å². The molecular weight excluding hydrogens is 248 g/mol. The van der Waals surface area contributed by atoms with E-state index in [2.05, 4.69) is 0 Å².